The molecule has 0 N–H and O–H groups in total. The van der Waals surface area contributed by atoms with Gasteiger partial charge in [0.25, 0.3) is 5.91 Å². The molecule has 2 aromatic heterocycles. The zero-order valence-corrected chi connectivity index (χ0v) is 20.3. The van der Waals surface area contributed by atoms with Gasteiger partial charge in [-0.05, 0) is 44.5 Å². The SMILES string of the molecule is CCOc1ccc(CN(C)C(=O)c2cc(-c3ccccc3)nc3c2cnn3C(C)C)cc1OC. The molecule has 176 valence electrons. The molecule has 0 saturated carbocycles. The molecule has 7 nitrogen and oxygen atoms in total. The first-order valence-electron chi connectivity index (χ1n) is 11.4. The van der Waals surface area contributed by atoms with E-state index in [1.165, 1.54) is 0 Å². The van der Waals surface area contributed by atoms with E-state index in [1.54, 1.807) is 25.3 Å². The van der Waals surface area contributed by atoms with E-state index in [1.807, 2.05) is 66.2 Å². The number of fused-ring (bicyclic) bond motifs is 1. The number of pyridine rings is 1. The van der Waals surface area contributed by atoms with Gasteiger partial charge in [-0.2, -0.15) is 5.10 Å². The van der Waals surface area contributed by atoms with Crippen molar-refractivity contribution in [2.24, 2.45) is 0 Å². The molecule has 1 amide bonds. The summed E-state index contributed by atoms with van der Waals surface area (Å²) in [4.78, 5) is 20.2. The number of ether oxygens (including phenoxy) is 2. The van der Waals surface area contributed by atoms with Crippen molar-refractivity contribution >= 4 is 16.9 Å². The van der Waals surface area contributed by atoms with Crippen LogP contribution in [-0.2, 0) is 6.54 Å². The van der Waals surface area contributed by atoms with E-state index in [4.69, 9.17) is 14.5 Å². The number of aromatic nitrogens is 3. The number of rotatable bonds is 8. The van der Waals surface area contributed by atoms with Gasteiger partial charge in [0.15, 0.2) is 17.1 Å². The Hall–Kier alpha value is -3.87. The van der Waals surface area contributed by atoms with Gasteiger partial charge in [-0.3, -0.25) is 4.79 Å². The van der Waals surface area contributed by atoms with Crippen LogP contribution in [0.3, 0.4) is 0 Å². The smallest absolute Gasteiger partial charge is 0.254 e. The van der Waals surface area contributed by atoms with Crippen molar-refractivity contribution in [3.8, 4) is 22.8 Å². The first-order valence-corrected chi connectivity index (χ1v) is 11.4. The van der Waals surface area contributed by atoms with Crippen LogP contribution in [-0.4, -0.2) is 46.3 Å². The van der Waals surface area contributed by atoms with E-state index in [2.05, 4.69) is 18.9 Å². The highest BCUT2D eigenvalue weighted by atomic mass is 16.5. The standard InChI is InChI=1S/C27H30N4O3/c1-6-34-24-13-12-19(14-25(24)33-5)17-30(4)27(32)21-15-23(20-10-8-7-9-11-20)29-26-22(21)16-28-31(26)18(2)3/h7-16,18H,6,17H2,1-5H3. The second-order valence-corrected chi connectivity index (χ2v) is 8.42. The zero-order valence-electron chi connectivity index (χ0n) is 20.3. The fourth-order valence-corrected chi connectivity index (χ4v) is 3.97. The maximum absolute atomic E-state index is 13.7. The van der Waals surface area contributed by atoms with E-state index in [0.29, 0.717) is 35.9 Å². The molecule has 0 saturated heterocycles. The van der Waals surface area contributed by atoms with Gasteiger partial charge in [0.1, 0.15) is 0 Å². The van der Waals surface area contributed by atoms with Crippen LogP contribution in [0.15, 0.2) is 60.8 Å². The van der Waals surface area contributed by atoms with Crippen molar-refractivity contribution in [2.45, 2.75) is 33.4 Å². The summed E-state index contributed by atoms with van der Waals surface area (Å²) in [7, 11) is 3.41. The van der Waals surface area contributed by atoms with Gasteiger partial charge in [0, 0.05) is 25.2 Å². The Morgan fingerprint density at radius 2 is 1.85 bits per heavy atom. The lowest BCUT2D eigenvalue weighted by Gasteiger charge is -2.19. The van der Waals surface area contributed by atoms with Crippen LogP contribution in [0, 0.1) is 0 Å². The van der Waals surface area contributed by atoms with Crippen LogP contribution in [0.4, 0.5) is 0 Å². The van der Waals surface area contributed by atoms with Gasteiger partial charge in [-0.15, -0.1) is 0 Å². The molecule has 0 aliphatic rings. The summed E-state index contributed by atoms with van der Waals surface area (Å²) in [6.45, 7) is 7.01. The Labute approximate surface area is 199 Å². The average Bonchev–Trinajstić information content (AvgIpc) is 3.29. The van der Waals surface area contributed by atoms with Gasteiger partial charge in [0.05, 0.1) is 36.6 Å². The minimum atomic E-state index is -0.0965. The lowest BCUT2D eigenvalue weighted by atomic mass is 10.1. The highest BCUT2D eigenvalue weighted by Gasteiger charge is 2.21. The van der Waals surface area contributed by atoms with Crippen molar-refractivity contribution in [1.82, 2.24) is 19.7 Å². The second kappa shape index (κ2) is 9.95. The number of methoxy groups -OCH3 is 1. The highest BCUT2D eigenvalue weighted by molar-refractivity contribution is 6.06. The molecule has 0 bridgehead atoms. The maximum atomic E-state index is 13.7. The van der Waals surface area contributed by atoms with Crippen LogP contribution in [0.5, 0.6) is 11.5 Å². The summed E-state index contributed by atoms with van der Waals surface area (Å²) in [5.74, 6) is 1.24. The number of nitrogens with zero attached hydrogens (tertiary/aromatic N) is 4. The van der Waals surface area contributed by atoms with Gasteiger partial charge in [-0.1, -0.05) is 36.4 Å². The highest BCUT2D eigenvalue weighted by Crippen LogP contribution is 2.30. The molecule has 4 aromatic rings. The zero-order chi connectivity index (χ0) is 24.2. The van der Waals surface area contributed by atoms with Crippen LogP contribution >= 0.6 is 0 Å². The van der Waals surface area contributed by atoms with Crippen LogP contribution < -0.4 is 9.47 Å². The number of carbonyl (C=O) groups is 1. The molecule has 0 unspecified atom stereocenters. The first-order chi connectivity index (χ1) is 16.4. The Balaban J connectivity index is 1.71. The predicted molar refractivity (Wildman–Crippen MR) is 133 cm³/mol. The van der Waals surface area contributed by atoms with Gasteiger partial charge >= 0.3 is 0 Å². The number of hydrogen-bond donors (Lipinski definition) is 0. The summed E-state index contributed by atoms with van der Waals surface area (Å²) in [5.41, 5.74) is 3.93. The molecule has 4 rings (SSSR count). The fraction of sp³-hybridized carbons (Fsp3) is 0.296. The fourth-order valence-electron chi connectivity index (χ4n) is 3.97. The third kappa shape index (κ3) is 4.59. The van der Waals surface area contributed by atoms with Crippen LogP contribution in [0.2, 0.25) is 0 Å². The Bertz CT molecular complexity index is 1300. The van der Waals surface area contributed by atoms with Crippen LogP contribution in [0.1, 0.15) is 42.7 Å². The number of benzene rings is 2. The summed E-state index contributed by atoms with van der Waals surface area (Å²) in [5, 5.41) is 5.26. The molecule has 0 aliphatic carbocycles. The molecule has 7 heteroatoms. The molecule has 0 fully saturated rings. The minimum Gasteiger partial charge on any atom is -0.493 e. The largest absolute Gasteiger partial charge is 0.493 e. The third-order valence-electron chi connectivity index (χ3n) is 5.65. The van der Waals surface area contributed by atoms with E-state index >= 15 is 0 Å². The van der Waals surface area contributed by atoms with E-state index in [-0.39, 0.29) is 11.9 Å². The molecule has 0 aliphatic heterocycles. The van der Waals surface area contributed by atoms with Crippen molar-refractivity contribution in [1.29, 1.82) is 0 Å². The van der Waals surface area contributed by atoms with Gasteiger partial charge in [-0.25, -0.2) is 9.67 Å². The summed E-state index contributed by atoms with van der Waals surface area (Å²) >= 11 is 0. The van der Waals surface area contributed by atoms with E-state index in [9.17, 15) is 4.79 Å². The van der Waals surface area contributed by atoms with Crippen molar-refractivity contribution in [3.63, 3.8) is 0 Å². The molecule has 2 aromatic carbocycles. The molecule has 0 radical (unpaired) electrons. The van der Waals surface area contributed by atoms with Crippen molar-refractivity contribution in [2.75, 3.05) is 20.8 Å². The Kier molecular flexibility index (Phi) is 6.82. The summed E-state index contributed by atoms with van der Waals surface area (Å²) in [6, 6.07) is 17.6. The normalized spacial score (nSPS) is 11.1. The maximum Gasteiger partial charge on any atom is 0.254 e. The molecular formula is C27H30N4O3. The topological polar surface area (TPSA) is 69.5 Å². The Morgan fingerprint density at radius 3 is 2.53 bits per heavy atom. The van der Waals surface area contributed by atoms with E-state index < -0.39 is 0 Å². The van der Waals surface area contributed by atoms with Crippen molar-refractivity contribution < 1.29 is 14.3 Å². The minimum absolute atomic E-state index is 0.0965. The lowest BCUT2D eigenvalue weighted by molar-refractivity contribution is 0.0787. The molecule has 0 atom stereocenters. The summed E-state index contributed by atoms with van der Waals surface area (Å²) < 4.78 is 12.9. The molecule has 2 heterocycles. The quantitative estimate of drug-likeness (QED) is 0.356. The van der Waals surface area contributed by atoms with E-state index in [0.717, 1.165) is 22.2 Å². The molecule has 0 spiro atoms. The second-order valence-electron chi connectivity index (χ2n) is 8.42. The average molecular weight is 459 g/mol. The predicted octanol–water partition coefficient (Wildman–Crippen LogP) is 5.36. The molecular weight excluding hydrogens is 428 g/mol. The number of amides is 1. The monoisotopic (exact) mass is 458 g/mol. The number of carbonyl (C=O) groups excluding carboxylic acids is 1. The Morgan fingerprint density at radius 1 is 1.09 bits per heavy atom. The first kappa shape index (κ1) is 23.3. The van der Waals surface area contributed by atoms with Crippen LogP contribution in [0.25, 0.3) is 22.3 Å². The lowest BCUT2D eigenvalue weighted by Crippen LogP contribution is -2.26. The molecule has 34 heavy (non-hydrogen) atoms. The van der Waals surface area contributed by atoms with Gasteiger partial charge < -0.3 is 14.4 Å². The third-order valence-corrected chi connectivity index (χ3v) is 5.65. The van der Waals surface area contributed by atoms with Gasteiger partial charge in [0.2, 0.25) is 0 Å². The summed E-state index contributed by atoms with van der Waals surface area (Å²) in [6.07, 6.45) is 1.73. The van der Waals surface area contributed by atoms with Crippen molar-refractivity contribution in [3.05, 3.63) is 71.9 Å². The number of hydrogen-bond acceptors (Lipinski definition) is 5.